The molecule has 0 radical (unpaired) electrons. The molecule has 4 nitrogen and oxygen atoms in total. The van der Waals surface area contributed by atoms with E-state index in [9.17, 15) is 8.42 Å². The van der Waals surface area contributed by atoms with Gasteiger partial charge >= 0.3 is 0 Å². The van der Waals surface area contributed by atoms with Gasteiger partial charge in [0.05, 0.1) is 16.6 Å². The predicted molar refractivity (Wildman–Crippen MR) is 115 cm³/mol. The number of aryl methyl sites for hydroxylation is 1. The van der Waals surface area contributed by atoms with Gasteiger partial charge in [-0.1, -0.05) is 76.1 Å². The Bertz CT molecular complexity index is 1130. The minimum absolute atomic E-state index is 0.240. The van der Waals surface area contributed by atoms with Crippen molar-refractivity contribution in [1.82, 2.24) is 4.41 Å². The summed E-state index contributed by atoms with van der Waals surface area (Å²) in [4.78, 5) is 0.240. The smallest absolute Gasteiger partial charge is 0.200 e. The lowest BCUT2D eigenvalue weighted by molar-refractivity contribution is 0.371. The van der Waals surface area contributed by atoms with Crippen LogP contribution in [0.5, 0.6) is 0 Å². The summed E-state index contributed by atoms with van der Waals surface area (Å²) in [7, 11) is -3.77. The summed E-state index contributed by atoms with van der Waals surface area (Å²) < 4.78 is 28.9. The Hall–Kier alpha value is -2.44. The maximum atomic E-state index is 13.3. The second-order valence-corrected chi connectivity index (χ2v) is 9.49. The van der Waals surface area contributed by atoms with Gasteiger partial charge in [-0.3, -0.25) is 0 Å². The number of benzene rings is 3. The summed E-state index contributed by atoms with van der Waals surface area (Å²) in [6.07, 6.45) is 0.519. The number of halogens is 1. The fourth-order valence-corrected chi connectivity index (χ4v) is 5.16. The minimum atomic E-state index is -3.77. The molecular formula is C22H19BrN2O2S. The van der Waals surface area contributed by atoms with Crippen LogP contribution in [0.4, 0.5) is 0 Å². The molecule has 0 amide bonds. The summed E-state index contributed by atoms with van der Waals surface area (Å²) in [5.41, 5.74) is 3.76. The highest BCUT2D eigenvalue weighted by Crippen LogP contribution is 2.37. The molecule has 0 aliphatic carbocycles. The first-order valence-corrected chi connectivity index (χ1v) is 11.2. The highest BCUT2D eigenvalue weighted by Gasteiger charge is 2.37. The van der Waals surface area contributed by atoms with Crippen molar-refractivity contribution in [1.29, 1.82) is 0 Å². The van der Waals surface area contributed by atoms with E-state index in [4.69, 9.17) is 0 Å². The molecular weight excluding hydrogens is 436 g/mol. The van der Waals surface area contributed by atoms with Gasteiger partial charge in [0.25, 0.3) is 10.0 Å². The third kappa shape index (κ3) is 3.62. The second kappa shape index (κ2) is 7.53. The molecule has 0 bridgehead atoms. The monoisotopic (exact) mass is 454 g/mol. The van der Waals surface area contributed by atoms with Crippen LogP contribution in [0.3, 0.4) is 0 Å². The molecule has 1 heterocycles. The lowest BCUT2D eigenvalue weighted by Crippen LogP contribution is -2.27. The lowest BCUT2D eigenvalue weighted by Gasteiger charge is -2.23. The zero-order valence-electron chi connectivity index (χ0n) is 15.3. The predicted octanol–water partition coefficient (Wildman–Crippen LogP) is 5.30. The molecule has 1 unspecified atom stereocenters. The fourth-order valence-electron chi connectivity index (χ4n) is 3.29. The first kappa shape index (κ1) is 18.9. The van der Waals surface area contributed by atoms with Crippen molar-refractivity contribution in [2.45, 2.75) is 24.3 Å². The first-order valence-electron chi connectivity index (χ1n) is 8.94. The maximum Gasteiger partial charge on any atom is 0.279 e. The van der Waals surface area contributed by atoms with E-state index in [-0.39, 0.29) is 10.9 Å². The largest absolute Gasteiger partial charge is 0.279 e. The maximum absolute atomic E-state index is 13.3. The van der Waals surface area contributed by atoms with Crippen LogP contribution in [0.15, 0.2) is 93.3 Å². The Morgan fingerprint density at radius 1 is 0.964 bits per heavy atom. The normalized spacial score (nSPS) is 16.9. The topological polar surface area (TPSA) is 49.7 Å². The van der Waals surface area contributed by atoms with E-state index in [1.54, 1.807) is 30.3 Å². The highest BCUT2D eigenvalue weighted by molar-refractivity contribution is 9.10. The Balaban J connectivity index is 1.81. The Morgan fingerprint density at radius 3 is 2.36 bits per heavy atom. The van der Waals surface area contributed by atoms with Gasteiger partial charge < -0.3 is 0 Å². The van der Waals surface area contributed by atoms with Crippen LogP contribution in [0.2, 0.25) is 0 Å². The third-order valence-corrected chi connectivity index (χ3v) is 6.97. The van der Waals surface area contributed by atoms with E-state index in [1.165, 1.54) is 4.41 Å². The number of nitrogens with zero attached hydrogens (tertiary/aromatic N) is 2. The number of hydrazone groups is 1. The van der Waals surface area contributed by atoms with E-state index in [0.29, 0.717) is 6.42 Å². The first-order chi connectivity index (χ1) is 13.4. The zero-order valence-corrected chi connectivity index (χ0v) is 17.7. The average molecular weight is 455 g/mol. The number of rotatable bonds is 4. The Labute approximate surface area is 173 Å². The van der Waals surface area contributed by atoms with Crippen LogP contribution >= 0.6 is 15.9 Å². The van der Waals surface area contributed by atoms with Gasteiger partial charge in [0.2, 0.25) is 0 Å². The second-order valence-electron chi connectivity index (χ2n) is 6.78. The van der Waals surface area contributed by atoms with Crippen LogP contribution in [0.1, 0.15) is 29.2 Å². The zero-order chi connectivity index (χ0) is 19.7. The molecule has 0 saturated carbocycles. The molecule has 1 atom stereocenters. The van der Waals surface area contributed by atoms with Crippen molar-refractivity contribution < 1.29 is 8.42 Å². The van der Waals surface area contributed by atoms with Gasteiger partial charge in [-0.25, -0.2) is 0 Å². The van der Waals surface area contributed by atoms with E-state index in [1.807, 2.05) is 55.5 Å². The van der Waals surface area contributed by atoms with Crippen LogP contribution < -0.4 is 0 Å². The fraction of sp³-hybridized carbons (Fsp3) is 0.136. The van der Waals surface area contributed by atoms with Crippen LogP contribution in [0.25, 0.3) is 0 Å². The van der Waals surface area contributed by atoms with Crippen molar-refractivity contribution in [2.24, 2.45) is 5.10 Å². The molecule has 142 valence electrons. The lowest BCUT2D eigenvalue weighted by atomic mass is 9.99. The van der Waals surface area contributed by atoms with E-state index < -0.39 is 10.0 Å². The molecule has 0 saturated heterocycles. The molecule has 1 aliphatic heterocycles. The number of hydrogen-bond donors (Lipinski definition) is 0. The van der Waals surface area contributed by atoms with Crippen molar-refractivity contribution in [3.8, 4) is 0 Å². The van der Waals surface area contributed by atoms with Crippen molar-refractivity contribution in [3.05, 3.63) is 100 Å². The highest BCUT2D eigenvalue weighted by atomic mass is 79.9. The van der Waals surface area contributed by atoms with Gasteiger partial charge in [-0.2, -0.15) is 17.9 Å². The van der Waals surface area contributed by atoms with Gasteiger partial charge in [-0.05, 0) is 42.3 Å². The van der Waals surface area contributed by atoms with E-state index in [0.717, 1.165) is 26.9 Å². The van der Waals surface area contributed by atoms with Crippen LogP contribution in [0, 0.1) is 6.92 Å². The van der Waals surface area contributed by atoms with Crippen molar-refractivity contribution in [2.75, 3.05) is 0 Å². The molecule has 28 heavy (non-hydrogen) atoms. The number of sulfonamides is 1. The van der Waals surface area contributed by atoms with Gasteiger partial charge in [0, 0.05) is 10.9 Å². The molecule has 1 aliphatic rings. The van der Waals surface area contributed by atoms with Gasteiger partial charge in [0.1, 0.15) is 0 Å². The molecule has 0 fully saturated rings. The Morgan fingerprint density at radius 2 is 1.68 bits per heavy atom. The SMILES string of the molecule is Cc1ccc(C2=NN(S(=O)(=O)c3ccccc3)C(c3cccc(Br)c3)C2)cc1. The number of hydrogen-bond acceptors (Lipinski definition) is 3. The molecule has 3 aromatic carbocycles. The van der Waals surface area contributed by atoms with Crippen molar-refractivity contribution >= 4 is 31.7 Å². The molecule has 0 aromatic heterocycles. The average Bonchev–Trinajstić information content (AvgIpc) is 3.16. The molecule has 3 aromatic rings. The summed E-state index contributed by atoms with van der Waals surface area (Å²) >= 11 is 3.49. The summed E-state index contributed by atoms with van der Waals surface area (Å²) in [6, 6.07) is 23.8. The van der Waals surface area contributed by atoms with Crippen molar-refractivity contribution in [3.63, 3.8) is 0 Å². The van der Waals surface area contributed by atoms with E-state index in [2.05, 4.69) is 21.0 Å². The summed E-state index contributed by atoms with van der Waals surface area (Å²) in [6.45, 7) is 2.02. The van der Waals surface area contributed by atoms with Gasteiger partial charge in [0.15, 0.2) is 0 Å². The standard InChI is InChI=1S/C22H19BrN2O2S/c1-16-10-12-17(13-11-16)21-15-22(18-6-5-7-19(23)14-18)25(24-21)28(26,27)20-8-3-2-4-9-20/h2-14,22H,15H2,1H3. The molecule has 0 N–H and O–H groups in total. The third-order valence-electron chi connectivity index (χ3n) is 4.78. The van der Waals surface area contributed by atoms with Crippen LogP contribution in [-0.2, 0) is 10.0 Å². The molecule has 4 rings (SSSR count). The minimum Gasteiger partial charge on any atom is -0.200 e. The summed E-state index contributed by atoms with van der Waals surface area (Å²) in [5.74, 6) is 0. The summed E-state index contributed by atoms with van der Waals surface area (Å²) in [5, 5.41) is 4.57. The molecule has 6 heteroatoms. The van der Waals surface area contributed by atoms with Crippen LogP contribution in [-0.4, -0.2) is 18.5 Å². The van der Waals surface area contributed by atoms with E-state index >= 15 is 0 Å². The quantitative estimate of drug-likeness (QED) is 0.536. The van der Waals surface area contributed by atoms with Gasteiger partial charge in [-0.15, -0.1) is 0 Å². The molecule has 0 spiro atoms. The Kier molecular flexibility index (Phi) is 5.08.